The molecule has 2 aromatic rings. The maximum atomic E-state index is 12.5. The number of rotatable bonds is 4. The van der Waals surface area contributed by atoms with Gasteiger partial charge in [-0.25, -0.2) is 9.97 Å². The molecule has 3 heterocycles. The van der Waals surface area contributed by atoms with Crippen LogP contribution in [0, 0.1) is 0 Å². The van der Waals surface area contributed by atoms with E-state index in [0.29, 0.717) is 36.8 Å². The Hall–Kier alpha value is -1.70. The molecule has 6 nitrogen and oxygen atoms in total. The fraction of sp³-hybridized carbons (Fsp3) is 0.400. The highest BCUT2D eigenvalue weighted by Gasteiger charge is 2.24. The van der Waals surface area contributed by atoms with Crippen molar-refractivity contribution in [1.82, 2.24) is 14.9 Å². The van der Waals surface area contributed by atoms with Crippen LogP contribution in [0.3, 0.4) is 0 Å². The lowest BCUT2D eigenvalue weighted by atomic mass is 10.2. The SMILES string of the molecule is NCCc1nc(C(=O)N2CCN(c3ccc(Cl)cn3)CC2)cs1. The third-order valence-electron chi connectivity index (χ3n) is 3.73. The molecule has 1 aliphatic heterocycles. The summed E-state index contributed by atoms with van der Waals surface area (Å²) in [6.45, 7) is 3.37. The van der Waals surface area contributed by atoms with Crippen molar-refractivity contribution in [3.63, 3.8) is 0 Å². The number of piperazine rings is 1. The van der Waals surface area contributed by atoms with Crippen molar-refractivity contribution in [2.45, 2.75) is 6.42 Å². The zero-order chi connectivity index (χ0) is 16.2. The number of aromatic nitrogens is 2. The average Bonchev–Trinajstić information content (AvgIpc) is 3.04. The van der Waals surface area contributed by atoms with Gasteiger partial charge in [0.15, 0.2) is 0 Å². The van der Waals surface area contributed by atoms with E-state index in [1.54, 1.807) is 6.20 Å². The lowest BCUT2D eigenvalue weighted by Gasteiger charge is -2.35. The topological polar surface area (TPSA) is 75.3 Å². The van der Waals surface area contributed by atoms with Crippen LogP contribution < -0.4 is 10.6 Å². The predicted octanol–water partition coefficient (Wildman–Crippen LogP) is 1.66. The van der Waals surface area contributed by atoms with E-state index in [1.165, 1.54) is 11.3 Å². The summed E-state index contributed by atoms with van der Waals surface area (Å²) in [6.07, 6.45) is 2.36. The summed E-state index contributed by atoms with van der Waals surface area (Å²) in [5, 5.41) is 3.36. The van der Waals surface area contributed by atoms with E-state index in [-0.39, 0.29) is 5.91 Å². The monoisotopic (exact) mass is 351 g/mol. The maximum absolute atomic E-state index is 12.5. The molecule has 0 unspecified atom stereocenters. The number of nitrogens with zero attached hydrogens (tertiary/aromatic N) is 4. The summed E-state index contributed by atoms with van der Waals surface area (Å²) in [4.78, 5) is 25.2. The first kappa shape index (κ1) is 16.2. The van der Waals surface area contributed by atoms with Gasteiger partial charge in [-0.2, -0.15) is 0 Å². The Morgan fingerprint density at radius 2 is 2.09 bits per heavy atom. The van der Waals surface area contributed by atoms with Crippen LogP contribution in [0.5, 0.6) is 0 Å². The molecule has 3 rings (SSSR count). The van der Waals surface area contributed by atoms with E-state index in [4.69, 9.17) is 17.3 Å². The zero-order valence-electron chi connectivity index (χ0n) is 12.6. The minimum absolute atomic E-state index is 0.00626. The molecule has 0 aliphatic carbocycles. The number of carbonyl (C=O) groups excluding carboxylic acids is 1. The third kappa shape index (κ3) is 3.80. The van der Waals surface area contributed by atoms with Gasteiger partial charge in [-0.15, -0.1) is 11.3 Å². The van der Waals surface area contributed by atoms with E-state index in [9.17, 15) is 4.79 Å². The second-order valence-electron chi connectivity index (χ2n) is 5.28. The number of halogens is 1. The molecule has 1 aliphatic rings. The van der Waals surface area contributed by atoms with Gasteiger partial charge in [0, 0.05) is 44.2 Å². The molecule has 0 radical (unpaired) electrons. The minimum atomic E-state index is -0.00626. The zero-order valence-corrected chi connectivity index (χ0v) is 14.2. The fourth-order valence-corrected chi connectivity index (χ4v) is 3.40. The number of thiazole rings is 1. The first-order valence-corrected chi connectivity index (χ1v) is 8.73. The van der Waals surface area contributed by atoms with Gasteiger partial charge in [0.05, 0.1) is 10.0 Å². The summed E-state index contributed by atoms with van der Waals surface area (Å²) in [7, 11) is 0. The molecular weight excluding hydrogens is 334 g/mol. The van der Waals surface area contributed by atoms with Crippen molar-refractivity contribution in [2.75, 3.05) is 37.6 Å². The largest absolute Gasteiger partial charge is 0.353 e. The summed E-state index contributed by atoms with van der Waals surface area (Å²) in [5.74, 6) is 0.883. The molecule has 0 aromatic carbocycles. The van der Waals surface area contributed by atoms with Gasteiger partial charge >= 0.3 is 0 Å². The van der Waals surface area contributed by atoms with E-state index in [0.717, 1.165) is 23.9 Å². The number of hydrogen-bond acceptors (Lipinski definition) is 6. The lowest BCUT2D eigenvalue weighted by Crippen LogP contribution is -2.49. The molecule has 0 saturated carbocycles. The van der Waals surface area contributed by atoms with Gasteiger partial charge in [0.2, 0.25) is 0 Å². The highest BCUT2D eigenvalue weighted by molar-refractivity contribution is 7.09. The van der Waals surface area contributed by atoms with Gasteiger partial charge in [0.1, 0.15) is 11.5 Å². The van der Waals surface area contributed by atoms with E-state index in [1.807, 2.05) is 22.4 Å². The van der Waals surface area contributed by atoms with E-state index >= 15 is 0 Å². The van der Waals surface area contributed by atoms with Gasteiger partial charge in [0.25, 0.3) is 5.91 Å². The summed E-state index contributed by atoms with van der Waals surface area (Å²) in [6, 6.07) is 3.73. The minimum Gasteiger partial charge on any atom is -0.353 e. The Kier molecular flexibility index (Phi) is 5.09. The molecule has 23 heavy (non-hydrogen) atoms. The van der Waals surface area contributed by atoms with E-state index < -0.39 is 0 Å². The number of nitrogens with two attached hydrogens (primary N) is 1. The molecule has 0 spiro atoms. The van der Waals surface area contributed by atoms with Crippen molar-refractivity contribution < 1.29 is 4.79 Å². The number of anilines is 1. The van der Waals surface area contributed by atoms with Gasteiger partial charge in [-0.3, -0.25) is 4.79 Å². The van der Waals surface area contributed by atoms with Crippen LogP contribution in [0.1, 0.15) is 15.5 Å². The van der Waals surface area contributed by atoms with Crippen molar-refractivity contribution in [1.29, 1.82) is 0 Å². The number of amides is 1. The maximum Gasteiger partial charge on any atom is 0.273 e. The van der Waals surface area contributed by atoms with Crippen LogP contribution in [0.15, 0.2) is 23.7 Å². The Morgan fingerprint density at radius 3 is 2.74 bits per heavy atom. The van der Waals surface area contributed by atoms with Crippen molar-refractivity contribution in [3.05, 3.63) is 39.4 Å². The Balaban J connectivity index is 1.59. The van der Waals surface area contributed by atoms with Crippen LogP contribution in [0.4, 0.5) is 5.82 Å². The van der Waals surface area contributed by atoms with Crippen molar-refractivity contribution in [3.8, 4) is 0 Å². The summed E-state index contributed by atoms with van der Waals surface area (Å²) in [5.41, 5.74) is 6.04. The highest BCUT2D eigenvalue weighted by atomic mass is 35.5. The van der Waals surface area contributed by atoms with Crippen LogP contribution in [-0.2, 0) is 6.42 Å². The molecule has 1 fully saturated rings. The second kappa shape index (κ2) is 7.25. The first-order chi connectivity index (χ1) is 11.2. The molecule has 8 heteroatoms. The number of pyridine rings is 1. The van der Waals surface area contributed by atoms with Crippen LogP contribution in [0.25, 0.3) is 0 Å². The Bertz CT molecular complexity index is 667. The average molecular weight is 352 g/mol. The standard InChI is InChI=1S/C15H18ClN5OS/c16-11-1-2-13(18-9-11)20-5-7-21(8-6-20)15(22)12-10-23-14(19-12)3-4-17/h1-2,9-10H,3-8,17H2. The second-order valence-corrected chi connectivity index (χ2v) is 6.66. The molecule has 2 aromatic heterocycles. The first-order valence-electron chi connectivity index (χ1n) is 7.47. The molecular formula is C15H18ClN5OS. The molecule has 0 atom stereocenters. The highest BCUT2D eigenvalue weighted by Crippen LogP contribution is 2.18. The number of carbonyl (C=O) groups is 1. The van der Waals surface area contributed by atoms with Gasteiger partial charge in [-0.05, 0) is 18.7 Å². The fourth-order valence-electron chi connectivity index (χ4n) is 2.50. The molecule has 1 amide bonds. The molecule has 2 N–H and O–H groups in total. The smallest absolute Gasteiger partial charge is 0.273 e. The van der Waals surface area contributed by atoms with Crippen LogP contribution in [-0.4, -0.2) is 53.5 Å². The van der Waals surface area contributed by atoms with Crippen LogP contribution >= 0.6 is 22.9 Å². The normalized spacial score (nSPS) is 15.0. The lowest BCUT2D eigenvalue weighted by molar-refractivity contribution is 0.0741. The quantitative estimate of drug-likeness (QED) is 0.906. The predicted molar refractivity (Wildman–Crippen MR) is 92.2 cm³/mol. The van der Waals surface area contributed by atoms with Gasteiger partial charge in [-0.1, -0.05) is 11.6 Å². The van der Waals surface area contributed by atoms with E-state index in [2.05, 4.69) is 14.9 Å². The molecule has 122 valence electrons. The molecule has 1 saturated heterocycles. The molecule has 0 bridgehead atoms. The summed E-state index contributed by atoms with van der Waals surface area (Å²) < 4.78 is 0. The Morgan fingerprint density at radius 1 is 1.30 bits per heavy atom. The Labute approximate surface area is 143 Å². The van der Waals surface area contributed by atoms with Gasteiger partial charge < -0.3 is 15.5 Å². The number of hydrogen-bond donors (Lipinski definition) is 1. The summed E-state index contributed by atoms with van der Waals surface area (Å²) >= 11 is 7.35. The van der Waals surface area contributed by atoms with Crippen molar-refractivity contribution >= 4 is 34.7 Å². The third-order valence-corrected chi connectivity index (χ3v) is 4.86. The van der Waals surface area contributed by atoms with Crippen molar-refractivity contribution in [2.24, 2.45) is 5.73 Å². The van der Waals surface area contributed by atoms with Crippen LogP contribution in [0.2, 0.25) is 5.02 Å².